The van der Waals surface area contributed by atoms with Gasteiger partial charge in [-0.3, -0.25) is 0 Å². The van der Waals surface area contributed by atoms with Crippen molar-refractivity contribution < 1.29 is 0 Å². The molecule has 0 unspecified atom stereocenters. The molecule has 0 amide bonds. The fourth-order valence-corrected chi connectivity index (χ4v) is 18.4. The first-order valence-corrected chi connectivity index (χ1v) is 24.4. The molecule has 63 heavy (non-hydrogen) atoms. The Labute approximate surface area is 366 Å². The third kappa shape index (κ3) is 4.72. The van der Waals surface area contributed by atoms with Crippen LogP contribution in [-0.4, -0.2) is 17.2 Å². The quantitative estimate of drug-likeness (QED) is 0.157. The zero-order valence-electron chi connectivity index (χ0n) is 34.4. The molecule has 0 atom stereocenters. The van der Waals surface area contributed by atoms with Crippen molar-refractivity contribution in [2.75, 3.05) is 0 Å². The number of fused-ring (bicyclic) bond motifs is 16. The van der Waals surface area contributed by atoms with E-state index in [-0.39, 0.29) is 0 Å². The molecule has 4 heterocycles. The third-order valence-corrected chi connectivity index (χ3v) is 20.3. The van der Waals surface area contributed by atoms with Gasteiger partial charge in [0.05, 0.1) is 5.52 Å². The molecule has 0 aliphatic carbocycles. The number of rotatable bonds is 4. The number of para-hydroxylation sites is 2. The van der Waals surface area contributed by atoms with E-state index >= 15 is 0 Å². The fraction of sp³-hybridized carbons (Fsp3) is 0. The largest absolute Gasteiger partial charge is 0.0617 e. The van der Waals surface area contributed by atoms with Crippen molar-refractivity contribution >= 4 is 72.4 Å². The SMILES string of the molecule is c1ccc(-c2ccc(-n3c4ccccc4c4cc5c6ccccc6n(-c6ccc(-c7ccc8c(c7)[SiH-]7(c9ccccc9-c9ccccc97)c7ccccc7-8)cc6)c5cc43)cc2)cc1. The molecule has 12 aromatic rings. The van der Waals surface area contributed by atoms with Crippen molar-refractivity contribution in [3.8, 4) is 55.9 Å². The van der Waals surface area contributed by atoms with Crippen LogP contribution in [0.3, 0.4) is 0 Å². The van der Waals surface area contributed by atoms with E-state index in [2.05, 4.69) is 240 Å². The van der Waals surface area contributed by atoms with Gasteiger partial charge < -0.3 is 0 Å². The predicted octanol–water partition coefficient (Wildman–Crippen LogP) is 12.3. The van der Waals surface area contributed by atoms with Crippen LogP contribution in [0.2, 0.25) is 0 Å². The van der Waals surface area contributed by atoms with Gasteiger partial charge in [-0.05, 0) is 29.3 Å². The zero-order chi connectivity index (χ0) is 41.2. The topological polar surface area (TPSA) is 9.86 Å². The molecule has 10 aromatic carbocycles. The Morgan fingerprint density at radius 3 is 1.16 bits per heavy atom. The maximum atomic E-state index is 2.55. The molecule has 2 aliphatic heterocycles. The monoisotopic (exact) mass is 815 g/mol. The summed E-state index contributed by atoms with van der Waals surface area (Å²) in [6, 6.07) is 86.5. The Bertz CT molecular complexity index is 3770. The van der Waals surface area contributed by atoms with E-state index in [9.17, 15) is 0 Å². The van der Waals surface area contributed by atoms with Crippen molar-refractivity contribution in [1.82, 2.24) is 9.13 Å². The van der Waals surface area contributed by atoms with Crippen LogP contribution in [0.1, 0.15) is 0 Å². The summed E-state index contributed by atoms with van der Waals surface area (Å²) in [4.78, 5) is 0. The number of benzene rings is 10. The molecule has 2 aromatic heterocycles. The van der Waals surface area contributed by atoms with Crippen LogP contribution < -0.4 is 20.7 Å². The van der Waals surface area contributed by atoms with Crippen LogP contribution in [0, 0.1) is 0 Å². The number of hydrogen-bond acceptors (Lipinski definition) is 0. The Hall–Kier alpha value is -7.98. The summed E-state index contributed by atoms with van der Waals surface area (Å²) in [6.07, 6.45) is 0. The molecule has 0 radical (unpaired) electrons. The van der Waals surface area contributed by atoms with Gasteiger partial charge in [-0.25, -0.2) is 0 Å². The van der Waals surface area contributed by atoms with Crippen molar-refractivity contribution in [3.63, 3.8) is 0 Å². The van der Waals surface area contributed by atoms with Crippen molar-refractivity contribution in [1.29, 1.82) is 0 Å². The summed E-state index contributed by atoms with van der Waals surface area (Å²) in [5.41, 5.74) is 17.6. The average molecular weight is 816 g/mol. The van der Waals surface area contributed by atoms with E-state index in [0.717, 1.165) is 11.4 Å². The molecular formula is C60H39N2Si-. The molecule has 0 saturated carbocycles. The van der Waals surface area contributed by atoms with Crippen LogP contribution in [0.25, 0.3) is 99.5 Å². The Balaban J connectivity index is 0.927. The van der Waals surface area contributed by atoms with E-state index < -0.39 is 8.07 Å². The molecule has 0 saturated heterocycles. The van der Waals surface area contributed by atoms with Crippen molar-refractivity contribution in [2.45, 2.75) is 0 Å². The summed E-state index contributed by atoms with van der Waals surface area (Å²) in [7, 11) is -2.95. The summed E-state index contributed by atoms with van der Waals surface area (Å²) in [5, 5.41) is 11.2. The van der Waals surface area contributed by atoms with Crippen molar-refractivity contribution in [2.24, 2.45) is 0 Å². The molecule has 1 spiro atoms. The number of hydrogen-bond donors (Lipinski definition) is 0. The van der Waals surface area contributed by atoms with E-state index in [1.54, 1.807) is 0 Å². The summed E-state index contributed by atoms with van der Waals surface area (Å²) < 4.78 is 4.90. The molecule has 0 bridgehead atoms. The van der Waals surface area contributed by atoms with Gasteiger partial charge in [-0.1, -0.05) is 60.7 Å². The standard InChI is InChI=1S/C60H39N2Si/c1-2-14-39(15-3-1)40-26-31-43(32-27-40)61-53-21-9-4-16-45(53)51-37-52-46-17-5-10-22-54(46)62(56(52)38-55(51)61)44-33-28-41(29-34-44)42-30-35-50-49-20-8-13-25-59(49)63(60(50)36-42)57-23-11-6-18-47(57)48-19-7-12-24-58(48)63/h1-38,63H/q-1. The maximum absolute atomic E-state index is 2.95. The van der Waals surface area contributed by atoms with Gasteiger partial charge in [0.25, 0.3) is 0 Å². The first-order chi connectivity index (χ1) is 31.3. The van der Waals surface area contributed by atoms with Gasteiger partial charge in [0.15, 0.2) is 0 Å². The van der Waals surface area contributed by atoms with Gasteiger partial charge >= 0.3 is 261 Å². The summed E-state index contributed by atoms with van der Waals surface area (Å²) >= 11 is 0. The predicted molar refractivity (Wildman–Crippen MR) is 269 cm³/mol. The molecule has 2 aliphatic rings. The first-order valence-electron chi connectivity index (χ1n) is 22.1. The van der Waals surface area contributed by atoms with Gasteiger partial charge in [-0.2, -0.15) is 0 Å². The summed E-state index contributed by atoms with van der Waals surface area (Å²) in [6.45, 7) is 0. The molecule has 3 heteroatoms. The first kappa shape index (κ1) is 34.7. The second-order valence-corrected chi connectivity index (χ2v) is 21.7. The van der Waals surface area contributed by atoms with Crippen LogP contribution in [0.5, 0.6) is 0 Å². The minimum Gasteiger partial charge on any atom is -0.0617 e. The number of aromatic nitrogens is 2. The van der Waals surface area contributed by atoms with Gasteiger partial charge in [0.2, 0.25) is 0 Å². The number of nitrogens with zero attached hydrogens (tertiary/aromatic N) is 2. The molecule has 0 fully saturated rings. The van der Waals surface area contributed by atoms with Crippen LogP contribution in [0.4, 0.5) is 0 Å². The van der Waals surface area contributed by atoms with Crippen molar-refractivity contribution in [3.05, 3.63) is 231 Å². The smallest absolute Gasteiger partial charge is 0.0374 e. The maximum Gasteiger partial charge on any atom is -0.0374 e. The van der Waals surface area contributed by atoms with E-state index in [1.807, 2.05) is 0 Å². The molecule has 294 valence electrons. The van der Waals surface area contributed by atoms with E-state index in [0.29, 0.717) is 0 Å². The van der Waals surface area contributed by atoms with Crippen LogP contribution in [0.15, 0.2) is 231 Å². The van der Waals surface area contributed by atoms with Gasteiger partial charge in [-0.15, -0.1) is 0 Å². The zero-order valence-corrected chi connectivity index (χ0v) is 35.6. The van der Waals surface area contributed by atoms with Gasteiger partial charge in [0, 0.05) is 11.1 Å². The Morgan fingerprint density at radius 2 is 0.635 bits per heavy atom. The fourth-order valence-electron chi connectivity index (χ4n) is 11.9. The van der Waals surface area contributed by atoms with E-state index in [1.165, 1.54) is 109 Å². The third-order valence-electron chi connectivity index (χ3n) is 14.5. The molecular weight excluding hydrogens is 777 g/mol. The minimum absolute atomic E-state index is 1.15. The Kier molecular flexibility index (Phi) is 7.17. The Morgan fingerprint density at radius 1 is 0.238 bits per heavy atom. The second kappa shape index (κ2) is 13.0. The second-order valence-electron chi connectivity index (χ2n) is 17.5. The normalized spacial score (nSPS) is 13.7. The van der Waals surface area contributed by atoms with Crippen LogP contribution in [-0.2, 0) is 0 Å². The van der Waals surface area contributed by atoms with E-state index in [4.69, 9.17) is 0 Å². The minimum atomic E-state index is -2.95. The molecule has 14 rings (SSSR count). The van der Waals surface area contributed by atoms with Crippen LogP contribution >= 0.6 is 0 Å². The average Bonchev–Trinajstić information content (AvgIpc) is 4.05. The van der Waals surface area contributed by atoms with Gasteiger partial charge in [0.1, 0.15) is 0 Å². The molecule has 2 nitrogen and oxygen atoms in total. The summed E-state index contributed by atoms with van der Waals surface area (Å²) in [5.74, 6) is 0. The molecule has 0 N–H and O–H groups in total.